The maximum atomic E-state index is 7.01. The topological polar surface area (TPSA) is 16.4 Å². The molecule has 0 amide bonds. The van der Waals surface area contributed by atoms with Gasteiger partial charge in [0, 0.05) is 44.4 Å². The van der Waals surface area contributed by atoms with E-state index in [2.05, 4.69) is 208 Å². The summed E-state index contributed by atoms with van der Waals surface area (Å²) in [6.45, 7) is 6.89. The molecule has 9 aromatic rings. The Morgan fingerprint density at radius 2 is 0.907 bits per heavy atom. The highest BCUT2D eigenvalue weighted by atomic mass is 16.3. The minimum atomic E-state index is -0.0852. The zero-order valence-corrected chi connectivity index (χ0v) is 30.7. The van der Waals surface area contributed by atoms with E-state index >= 15 is 0 Å². The number of rotatable bonds is 6. The molecule has 1 aromatic heterocycles. The van der Waals surface area contributed by atoms with Gasteiger partial charge in [0.1, 0.15) is 11.2 Å². The van der Waals surface area contributed by atoms with Gasteiger partial charge >= 0.3 is 0 Å². The highest BCUT2D eigenvalue weighted by molar-refractivity contribution is 6.16. The number of fused-ring (bicyclic) bond motifs is 7. The van der Waals surface area contributed by atoms with Crippen molar-refractivity contribution in [2.75, 3.05) is 4.90 Å². The molecule has 0 fully saturated rings. The van der Waals surface area contributed by atoms with Crippen molar-refractivity contribution in [3.05, 3.63) is 199 Å². The van der Waals surface area contributed by atoms with Crippen LogP contribution < -0.4 is 4.90 Å². The van der Waals surface area contributed by atoms with E-state index in [9.17, 15) is 0 Å². The Balaban J connectivity index is 1.07. The second-order valence-corrected chi connectivity index (χ2v) is 15.0. The molecule has 2 heteroatoms. The zero-order chi connectivity index (χ0) is 36.4. The van der Waals surface area contributed by atoms with Gasteiger partial charge in [-0.2, -0.15) is 0 Å². The number of hydrogen-bond acceptors (Lipinski definition) is 2. The molecule has 0 unspecified atom stereocenters. The maximum absolute atomic E-state index is 7.01. The lowest BCUT2D eigenvalue weighted by Gasteiger charge is -2.26. The summed E-state index contributed by atoms with van der Waals surface area (Å²) < 4.78 is 7.01. The van der Waals surface area contributed by atoms with E-state index in [1.807, 2.05) is 0 Å². The normalized spacial score (nSPS) is 12.9. The van der Waals surface area contributed by atoms with Crippen molar-refractivity contribution < 1.29 is 4.42 Å². The molecule has 0 aliphatic heterocycles. The molecule has 54 heavy (non-hydrogen) atoms. The standard InChI is InChI=1S/C52H39NO/c1-34-33-47-49(44-17-10-11-20-46(44)52(47,2)3)51-48(34)45-19-12-18-43(50(45)54-51)39-25-31-42(32-26-39)53(40-27-21-37(22-28-40)35-13-6-4-7-14-35)41-29-23-38(24-30-41)36-15-8-5-9-16-36/h4-33H,1-3H3. The third kappa shape index (κ3) is 5.09. The average Bonchev–Trinajstić information content (AvgIpc) is 3.73. The lowest BCUT2D eigenvalue weighted by Crippen LogP contribution is -2.15. The first-order valence-corrected chi connectivity index (χ1v) is 18.8. The van der Waals surface area contributed by atoms with Gasteiger partial charge in [-0.05, 0) is 93.4 Å². The minimum absolute atomic E-state index is 0.0852. The fourth-order valence-electron chi connectivity index (χ4n) is 8.65. The quantitative estimate of drug-likeness (QED) is 0.172. The molecule has 0 N–H and O–H groups in total. The van der Waals surface area contributed by atoms with Gasteiger partial charge in [0.25, 0.3) is 0 Å². The first kappa shape index (κ1) is 32.0. The molecule has 1 aliphatic rings. The maximum Gasteiger partial charge on any atom is 0.143 e. The smallest absolute Gasteiger partial charge is 0.143 e. The summed E-state index contributed by atoms with van der Waals surface area (Å²) >= 11 is 0. The van der Waals surface area contributed by atoms with Gasteiger partial charge in [-0.15, -0.1) is 0 Å². The van der Waals surface area contributed by atoms with Crippen molar-refractivity contribution in [2.45, 2.75) is 26.2 Å². The third-order valence-corrected chi connectivity index (χ3v) is 11.4. The van der Waals surface area contributed by atoms with Gasteiger partial charge in [0.15, 0.2) is 0 Å². The van der Waals surface area contributed by atoms with Crippen LogP contribution in [0.3, 0.4) is 0 Å². The van der Waals surface area contributed by atoms with Gasteiger partial charge in [-0.3, -0.25) is 0 Å². The lowest BCUT2D eigenvalue weighted by atomic mass is 9.81. The monoisotopic (exact) mass is 693 g/mol. The Hall–Kier alpha value is -6.64. The van der Waals surface area contributed by atoms with E-state index in [0.29, 0.717) is 0 Å². The lowest BCUT2D eigenvalue weighted by molar-refractivity contribution is 0.653. The molecular formula is C52H39NO. The number of aryl methyl sites for hydroxylation is 1. The Bertz CT molecular complexity index is 2730. The van der Waals surface area contributed by atoms with E-state index < -0.39 is 0 Å². The summed E-state index contributed by atoms with van der Waals surface area (Å²) in [5, 5.41) is 2.37. The van der Waals surface area contributed by atoms with Gasteiger partial charge in [0.2, 0.25) is 0 Å². The Morgan fingerprint density at radius 3 is 1.48 bits per heavy atom. The van der Waals surface area contributed by atoms with Crippen LogP contribution in [0.1, 0.15) is 30.5 Å². The Morgan fingerprint density at radius 1 is 0.426 bits per heavy atom. The number of benzene rings is 8. The second kappa shape index (κ2) is 12.5. The number of nitrogens with zero attached hydrogens (tertiary/aromatic N) is 1. The summed E-state index contributed by atoms with van der Waals surface area (Å²) in [4.78, 5) is 2.33. The molecule has 0 saturated carbocycles. The van der Waals surface area contributed by atoms with Crippen molar-refractivity contribution in [1.82, 2.24) is 0 Å². The molecular weight excluding hydrogens is 655 g/mol. The summed E-state index contributed by atoms with van der Waals surface area (Å²) in [5.41, 5.74) is 18.6. The molecule has 8 aromatic carbocycles. The van der Waals surface area contributed by atoms with E-state index in [0.717, 1.165) is 44.7 Å². The van der Waals surface area contributed by atoms with Gasteiger partial charge in [0.05, 0.1) is 0 Å². The van der Waals surface area contributed by atoms with Crippen molar-refractivity contribution in [3.8, 4) is 44.5 Å². The van der Waals surface area contributed by atoms with E-state index in [-0.39, 0.29) is 5.41 Å². The summed E-state index contributed by atoms with van der Waals surface area (Å²) in [6, 6.07) is 65.5. The van der Waals surface area contributed by atoms with E-state index in [1.165, 1.54) is 55.5 Å². The van der Waals surface area contributed by atoms with Gasteiger partial charge < -0.3 is 9.32 Å². The SMILES string of the molecule is Cc1cc2c(c3oc4c(-c5ccc(N(c6ccc(-c7ccccc7)cc6)c6ccc(-c7ccccc7)cc6)cc5)cccc4c13)-c1ccccc1C2(C)C. The van der Waals surface area contributed by atoms with E-state index in [4.69, 9.17) is 4.42 Å². The largest absolute Gasteiger partial charge is 0.455 e. The van der Waals surface area contributed by atoms with Crippen molar-refractivity contribution in [1.29, 1.82) is 0 Å². The summed E-state index contributed by atoms with van der Waals surface area (Å²) in [6.07, 6.45) is 0. The van der Waals surface area contributed by atoms with Crippen LogP contribution in [0.25, 0.3) is 66.4 Å². The molecule has 0 atom stereocenters. The fraction of sp³-hybridized carbons (Fsp3) is 0.0769. The minimum Gasteiger partial charge on any atom is -0.455 e. The van der Waals surface area contributed by atoms with Crippen molar-refractivity contribution >= 4 is 39.0 Å². The Labute approximate surface area is 316 Å². The fourth-order valence-corrected chi connectivity index (χ4v) is 8.65. The van der Waals surface area contributed by atoms with Crippen LogP contribution in [0.15, 0.2) is 186 Å². The summed E-state index contributed by atoms with van der Waals surface area (Å²) in [7, 11) is 0. The average molecular weight is 694 g/mol. The van der Waals surface area contributed by atoms with Crippen molar-refractivity contribution in [2.24, 2.45) is 0 Å². The van der Waals surface area contributed by atoms with Crippen molar-refractivity contribution in [3.63, 3.8) is 0 Å². The molecule has 2 nitrogen and oxygen atoms in total. The van der Waals surface area contributed by atoms with Gasteiger partial charge in [-0.1, -0.05) is 159 Å². The number of furan rings is 1. The predicted octanol–water partition coefficient (Wildman–Crippen LogP) is 14.7. The molecule has 1 heterocycles. The molecule has 0 saturated heterocycles. The first-order valence-electron chi connectivity index (χ1n) is 18.8. The highest BCUT2D eigenvalue weighted by Crippen LogP contribution is 2.54. The molecule has 258 valence electrons. The number of para-hydroxylation sites is 1. The second-order valence-electron chi connectivity index (χ2n) is 15.0. The first-order chi connectivity index (χ1) is 26.5. The van der Waals surface area contributed by atoms with Crippen LogP contribution in [0, 0.1) is 6.92 Å². The van der Waals surface area contributed by atoms with Crippen LogP contribution in [-0.2, 0) is 5.41 Å². The molecule has 1 aliphatic carbocycles. The third-order valence-electron chi connectivity index (χ3n) is 11.4. The van der Waals surface area contributed by atoms with Crippen LogP contribution in [0.5, 0.6) is 0 Å². The predicted molar refractivity (Wildman–Crippen MR) is 227 cm³/mol. The molecule has 0 bridgehead atoms. The van der Waals surface area contributed by atoms with Gasteiger partial charge in [-0.25, -0.2) is 0 Å². The zero-order valence-electron chi connectivity index (χ0n) is 30.7. The van der Waals surface area contributed by atoms with Crippen LogP contribution in [0.2, 0.25) is 0 Å². The molecule has 0 radical (unpaired) electrons. The highest BCUT2D eigenvalue weighted by Gasteiger charge is 2.38. The summed E-state index contributed by atoms with van der Waals surface area (Å²) in [5.74, 6) is 0. The molecule has 0 spiro atoms. The Kier molecular flexibility index (Phi) is 7.42. The molecule has 10 rings (SSSR count). The number of hydrogen-bond donors (Lipinski definition) is 0. The number of anilines is 3. The van der Waals surface area contributed by atoms with Crippen LogP contribution in [-0.4, -0.2) is 0 Å². The van der Waals surface area contributed by atoms with Crippen LogP contribution >= 0.6 is 0 Å². The van der Waals surface area contributed by atoms with Crippen LogP contribution in [0.4, 0.5) is 17.1 Å². The van der Waals surface area contributed by atoms with E-state index in [1.54, 1.807) is 0 Å².